The summed E-state index contributed by atoms with van der Waals surface area (Å²) in [5, 5.41) is 22.8. The van der Waals surface area contributed by atoms with E-state index < -0.39 is 0 Å². The zero-order chi connectivity index (χ0) is 24.7. The van der Waals surface area contributed by atoms with Crippen LogP contribution in [0.1, 0.15) is 71.5 Å². The smallest absolute Gasteiger partial charge is 0.276 e. The molecule has 10 heteroatoms. The van der Waals surface area contributed by atoms with Crippen molar-refractivity contribution in [2.75, 3.05) is 11.1 Å². The van der Waals surface area contributed by atoms with E-state index in [1.807, 2.05) is 0 Å². The van der Waals surface area contributed by atoms with Crippen LogP contribution in [-0.2, 0) is 11.8 Å². The Labute approximate surface area is 202 Å². The summed E-state index contributed by atoms with van der Waals surface area (Å²) in [6, 6.07) is 6.84. The number of carbonyl (C=O) groups excluding carboxylic acids is 2. The number of hydrogen-bond acceptors (Lipinski definition) is 7. The molecule has 1 saturated carbocycles. The molecule has 0 bridgehead atoms. The van der Waals surface area contributed by atoms with E-state index in [1.54, 1.807) is 30.5 Å². The minimum atomic E-state index is -0.363. The van der Waals surface area contributed by atoms with Crippen molar-refractivity contribution in [2.24, 2.45) is 0 Å². The van der Waals surface area contributed by atoms with E-state index in [9.17, 15) is 14.7 Å². The normalized spacial score (nSPS) is 20.4. The number of nitrogens with zero attached hydrogens (tertiary/aromatic N) is 3. The summed E-state index contributed by atoms with van der Waals surface area (Å²) in [4.78, 5) is 34.2. The molecule has 2 aliphatic rings. The van der Waals surface area contributed by atoms with Crippen molar-refractivity contribution in [3.8, 4) is 11.4 Å². The molecule has 0 unspecified atom stereocenters. The fourth-order valence-electron chi connectivity index (χ4n) is 5.05. The zero-order valence-electron chi connectivity index (χ0n) is 19.8. The molecule has 5 rings (SSSR count). The van der Waals surface area contributed by atoms with Gasteiger partial charge in [0.2, 0.25) is 5.95 Å². The molecular weight excluding hydrogens is 446 g/mol. The van der Waals surface area contributed by atoms with Crippen molar-refractivity contribution in [2.45, 2.75) is 63.5 Å². The fourth-order valence-corrected chi connectivity index (χ4v) is 5.05. The van der Waals surface area contributed by atoms with E-state index in [0.717, 1.165) is 24.0 Å². The van der Waals surface area contributed by atoms with Gasteiger partial charge in [-0.2, -0.15) is 5.10 Å². The second-order valence-corrected chi connectivity index (χ2v) is 10.00. The molecule has 10 nitrogen and oxygen atoms in total. The molecule has 0 radical (unpaired) electrons. The van der Waals surface area contributed by atoms with Gasteiger partial charge in [-0.1, -0.05) is 13.8 Å². The Morgan fingerprint density at radius 2 is 1.83 bits per heavy atom. The Morgan fingerprint density at radius 3 is 2.54 bits per heavy atom. The van der Waals surface area contributed by atoms with Gasteiger partial charge in [0.1, 0.15) is 0 Å². The van der Waals surface area contributed by atoms with Crippen LogP contribution in [0, 0.1) is 0 Å². The highest BCUT2D eigenvalue weighted by atomic mass is 16.3. The van der Waals surface area contributed by atoms with E-state index in [2.05, 4.69) is 44.6 Å². The van der Waals surface area contributed by atoms with Crippen molar-refractivity contribution in [1.29, 1.82) is 0 Å². The highest BCUT2D eigenvalue weighted by molar-refractivity contribution is 6.05. The number of hydrogen-bond donors (Lipinski definition) is 5. The number of nitrogens with two attached hydrogens (primary N) is 1. The van der Waals surface area contributed by atoms with E-state index in [0.29, 0.717) is 47.6 Å². The van der Waals surface area contributed by atoms with Crippen LogP contribution in [0.3, 0.4) is 0 Å². The third kappa shape index (κ3) is 4.49. The maximum atomic E-state index is 13.2. The molecule has 3 aromatic rings. The Hall–Kier alpha value is -3.79. The Morgan fingerprint density at radius 1 is 1.11 bits per heavy atom. The van der Waals surface area contributed by atoms with Gasteiger partial charge < -0.3 is 21.5 Å². The Bertz CT molecular complexity index is 1270. The first-order chi connectivity index (χ1) is 16.7. The average molecular weight is 476 g/mol. The molecule has 0 spiro atoms. The molecule has 2 heterocycles. The standard InChI is InChI=1S/C25H29N7O3/c1-25(2)11-14-12-27-24(26)30-19(14)20-18(25)21(32-31-20)23(35)29-15-5-3-13(4-6-15)22(34)28-16-7-9-17(33)10-8-16/h3-6,12,16-17,33H,7-11H2,1-2H3,(H,28,34)(H,29,35)(H,31,32)(H2,26,27,30)/t16-,17-. The fraction of sp³-hybridized carbons (Fsp3) is 0.400. The molecule has 1 aromatic carbocycles. The lowest BCUT2D eigenvalue weighted by Crippen LogP contribution is -2.38. The van der Waals surface area contributed by atoms with E-state index in [4.69, 9.17) is 5.73 Å². The first-order valence-electron chi connectivity index (χ1n) is 11.8. The quantitative estimate of drug-likeness (QED) is 0.388. The number of carbonyl (C=O) groups is 2. The molecule has 35 heavy (non-hydrogen) atoms. The summed E-state index contributed by atoms with van der Waals surface area (Å²) in [7, 11) is 0. The maximum Gasteiger partial charge on any atom is 0.276 e. The molecule has 0 atom stereocenters. The van der Waals surface area contributed by atoms with Gasteiger partial charge in [0.05, 0.1) is 17.5 Å². The topological polar surface area (TPSA) is 159 Å². The van der Waals surface area contributed by atoms with Crippen LogP contribution in [-0.4, -0.2) is 49.2 Å². The van der Waals surface area contributed by atoms with E-state index in [1.165, 1.54) is 0 Å². The van der Waals surface area contributed by atoms with E-state index in [-0.39, 0.29) is 35.3 Å². The molecule has 1 fully saturated rings. The molecule has 0 saturated heterocycles. The summed E-state index contributed by atoms with van der Waals surface area (Å²) in [6.45, 7) is 4.11. The van der Waals surface area contributed by atoms with Crippen LogP contribution in [0.2, 0.25) is 0 Å². The molecule has 2 amide bonds. The highest BCUT2D eigenvalue weighted by Crippen LogP contribution is 2.42. The van der Waals surface area contributed by atoms with Crippen molar-refractivity contribution in [1.82, 2.24) is 25.5 Å². The lowest BCUT2D eigenvalue weighted by atomic mass is 9.73. The number of aliphatic hydroxyl groups excluding tert-OH is 1. The SMILES string of the molecule is CC1(C)Cc2cnc(N)nc2-c2[nH]nc(C(=O)Nc3ccc(C(=O)N[C@H]4CC[C@H](O)CC4)cc3)c21. The summed E-state index contributed by atoms with van der Waals surface area (Å²) in [5.41, 5.74) is 9.89. The zero-order valence-corrected chi connectivity index (χ0v) is 19.8. The molecule has 6 N–H and O–H groups in total. The number of aliphatic hydroxyl groups is 1. The molecule has 2 aromatic heterocycles. The van der Waals surface area contributed by atoms with Crippen LogP contribution in [0.25, 0.3) is 11.4 Å². The molecular formula is C25H29N7O3. The summed E-state index contributed by atoms with van der Waals surface area (Å²) in [6.07, 6.45) is 5.06. The number of amides is 2. The number of aromatic amines is 1. The Kier molecular flexibility index (Phi) is 5.76. The number of nitrogen functional groups attached to an aromatic ring is 1. The van der Waals surface area contributed by atoms with E-state index >= 15 is 0 Å². The van der Waals surface area contributed by atoms with Crippen LogP contribution in [0.5, 0.6) is 0 Å². The summed E-state index contributed by atoms with van der Waals surface area (Å²) >= 11 is 0. The number of nitrogens with one attached hydrogen (secondary N) is 3. The second-order valence-electron chi connectivity index (χ2n) is 10.00. The minimum Gasteiger partial charge on any atom is -0.393 e. The summed E-state index contributed by atoms with van der Waals surface area (Å²) in [5.74, 6) is -0.341. The number of rotatable bonds is 4. The van der Waals surface area contributed by atoms with Crippen molar-refractivity contribution >= 4 is 23.5 Å². The van der Waals surface area contributed by atoms with Crippen molar-refractivity contribution in [3.05, 3.63) is 52.8 Å². The van der Waals surface area contributed by atoms with Gasteiger partial charge in [0.25, 0.3) is 11.8 Å². The van der Waals surface area contributed by atoms with Crippen molar-refractivity contribution < 1.29 is 14.7 Å². The van der Waals surface area contributed by atoms with Crippen LogP contribution >= 0.6 is 0 Å². The second kappa shape index (κ2) is 8.77. The minimum absolute atomic E-state index is 0.0743. The van der Waals surface area contributed by atoms with Gasteiger partial charge in [0, 0.05) is 29.1 Å². The van der Waals surface area contributed by atoms with Gasteiger partial charge in [-0.3, -0.25) is 14.7 Å². The molecule has 0 aliphatic heterocycles. The Balaban J connectivity index is 1.31. The number of aromatic nitrogens is 4. The third-order valence-electron chi connectivity index (χ3n) is 6.85. The largest absolute Gasteiger partial charge is 0.393 e. The first-order valence-corrected chi connectivity index (χ1v) is 11.8. The lowest BCUT2D eigenvalue weighted by Gasteiger charge is -2.31. The number of benzene rings is 1. The van der Waals surface area contributed by atoms with Crippen LogP contribution < -0.4 is 16.4 Å². The monoisotopic (exact) mass is 475 g/mol. The highest BCUT2D eigenvalue weighted by Gasteiger charge is 2.38. The van der Waals surface area contributed by atoms with Crippen LogP contribution in [0.4, 0.5) is 11.6 Å². The molecule has 182 valence electrons. The predicted molar refractivity (Wildman–Crippen MR) is 131 cm³/mol. The van der Waals surface area contributed by atoms with Crippen molar-refractivity contribution in [3.63, 3.8) is 0 Å². The number of H-pyrrole nitrogens is 1. The summed E-state index contributed by atoms with van der Waals surface area (Å²) < 4.78 is 0. The van der Waals surface area contributed by atoms with Gasteiger partial charge in [-0.25, -0.2) is 9.97 Å². The predicted octanol–water partition coefficient (Wildman–Crippen LogP) is 2.57. The van der Waals surface area contributed by atoms with Gasteiger partial charge in [0.15, 0.2) is 5.69 Å². The maximum absolute atomic E-state index is 13.2. The number of fused-ring (bicyclic) bond motifs is 3. The van der Waals surface area contributed by atoms with Crippen LogP contribution in [0.15, 0.2) is 30.5 Å². The third-order valence-corrected chi connectivity index (χ3v) is 6.85. The number of anilines is 2. The first kappa shape index (κ1) is 23.0. The van der Waals surface area contributed by atoms with Gasteiger partial charge in [-0.15, -0.1) is 0 Å². The van der Waals surface area contributed by atoms with Gasteiger partial charge in [-0.05, 0) is 67.3 Å². The van der Waals surface area contributed by atoms with Gasteiger partial charge >= 0.3 is 0 Å². The lowest BCUT2D eigenvalue weighted by molar-refractivity contribution is 0.0867. The average Bonchev–Trinajstić information content (AvgIpc) is 3.29. The molecule has 2 aliphatic carbocycles.